The van der Waals surface area contributed by atoms with Gasteiger partial charge in [-0.3, -0.25) is 0 Å². The Morgan fingerprint density at radius 3 is 2.81 bits per heavy atom. The quantitative estimate of drug-likeness (QED) is 0.813. The molecule has 0 radical (unpaired) electrons. The van der Waals surface area contributed by atoms with Crippen LogP contribution in [-0.4, -0.2) is 30.1 Å². The van der Waals surface area contributed by atoms with Gasteiger partial charge in [-0.15, -0.1) is 5.10 Å². The molecule has 2 rings (SSSR count). The standard InChI is InChI=1S/C10H13N5O/c1-2-6-15-8(7-13-14-15)9(16)10-11-4-3-5-12-10/h3-5,7,9,16H,2,6H2,1H3. The number of hydrogen-bond acceptors (Lipinski definition) is 5. The van der Waals surface area contributed by atoms with Gasteiger partial charge in [0.1, 0.15) is 0 Å². The van der Waals surface area contributed by atoms with E-state index in [9.17, 15) is 5.11 Å². The van der Waals surface area contributed by atoms with E-state index in [1.54, 1.807) is 23.1 Å². The normalized spacial score (nSPS) is 12.6. The van der Waals surface area contributed by atoms with Crippen molar-refractivity contribution in [3.8, 4) is 0 Å². The minimum atomic E-state index is -0.872. The molecule has 2 aromatic heterocycles. The molecule has 0 spiro atoms. The second kappa shape index (κ2) is 4.80. The van der Waals surface area contributed by atoms with E-state index in [1.165, 1.54) is 6.20 Å². The first kappa shape index (κ1) is 10.7. The van der Waals surface area contributed by atoms with Crippen LogP contribution >= 0.6 is 0 Å². The van der Waals surface area contributed by atoms with Crippen LogP contribution in [0, 0.1) is 0 Å². The highest BCUT2D eigenvalue weighted by atomic mass is 16.3. The van der Waals surface area contributed by atoms with E-state index >= 15 is 0 Å². The van der Waals surface area contributed by atoms with Gasteiger partial charge in [0, 0.05) is 18.9 Å². The Balaban J connectivity index is 2.27. The highest BCUT2D eigenvalue weighted by molar-refractivity contribution is 5.10. The summed E-state index contributed by atoms with van der Waals surface area (Å²) >= 11 is 0. The Labute approximate surface area is 93.0 Å². The van der Waals surface area contributed by atoms with Crippen LogP contribution in [0.4, 0.5) is 0 Å². The summed E-state index contributed by atoms with van der Waals surface area (Å²) in [6.07, 6.45) is 4.79. The summed E-state index contributed by atoms with van der Waals surface area (Å²) in [5.41, 5.74) is 0.619. The summed E-state index contributed by atoms with van der Waals surface area (Å²) in [5.74, 6) is 0.363. The van der Waals surface area contributed by atoms with Gasteiger partial charge in [-0.2, -0.15) is 0 Å². The molecule has 0 aromatic carbocycles. The van der Waals surface area contributed by atoms with Crippen molar-refractivity contribution < 1.29 is 5.11 Å². The summed E-state index contributed by atoms with van der Waals surface area (Å²) in [7, 11) is 0. The number of aliphatic hydroxyl groups excluding tert-OH is 1. The molecule has 0 aliphatic rings. The van der Waals surface area contributed by atoms with Gasteiger partial charge in [0.15, 0.2) is 11.9 Å². The fourth-order valence-corrected chi connectivity index (χ4v) is 1.45. The fraction of sp³-hybridized carbons (Fsp3) is 0.400. The summed E-state index contributed by atoms with van der Waals surface area (Å²) < 4.78 is 1.67. The van der Waals surface area contributed by atoms with E-state index in [4.69, 9.17) is 0 Å². The second-order valence-electron chi connectivity index (χ2n) is 3.39. The molecular weight excluding hydrogens is 206 g/mol. The van der Waals surface area contributed by atoms with E-state index in [0.717, 1.165) is 13.0 Å². The molecule has 6 heteroatoms. The van der Waals surface area contributed by atoms with Crippen molar-refractivity contribution in [2.45, 2.75) is 26.0 Å². The van der Waals surface area contributed by atoms with Crippen LogP contribution in [0.25, 0.3) is 0 Å². The van der Waals surface area contributed by atoms with Crippen molar-refractivity contribution in [1.29, 1.82) is 0 Å². The maximum absolute atomic E-state index is 10.1. The van der Waals surface area contributed by atoms with Gasteiger partial charge in [-0.1, -0.05) is 12.1 Å². The first-order valence-corrected chi connectivity index (χ1v) is 5.16. The monoisotopic (exact) mass is 219 g/mol. The predicted molar refractivity (Wildman–Crippen MR) is 56.4 cm³/mol. The zero-order chi connectivity index (χ0) is 11.4. The lowest BCUT2D eigenvalue weighted by atomic mass is 10.2. The van der Waals surface area contributed by atoms with Crippen LogP contribution in [0.1, 0.15) is 31.0 Å². The topological polar surface area (TPSA) is 76.7 Å². The number of nitrogens with zero attached hydrogens (tertiary/aromatic N) is 5. The van der Waals surface area contributed by atoms with Crippen molar-refractivity contribution in [3.63, 3.8) is 0 Å². The lowest BCUT2D eigenvalue weighted by molar-refractivity contribution is 0.197. The van der Waals surface area contributed by atoms with Gasteiger partial charge in [-0.05, 0) is 12.5 Å². The number of rotatable bonds is 4. The van der Waals surface area contributed by atoms with E-state index in [0.29, 0.717) is 11.5 Å². The van der Waals surface area contributed by atoms with Gasteiger partial charge in [0.2, 0.25) is 0 Å². The molecule has 0 saturated carbocycles. The molecule has 0 aliphatic carbocycles. The number of hydrogen-bond donors (Lipinski definition) is 1. The molecule has 0 saturated heterocycles. The number of aromatic nitrogens is 5. The molecule has 2 heterocycles. The van der Waals surface area contributed by atoms with Gasteiger partial charge in [0.25, 0.3) is 0 Å². The molecule has 1 atom stereocenters. The third-order valence-corrected chi connectivity index (χ3v) is 2.19. The first-order valence-electron chi connectivity index (χ1n) is 5.16. The highest BCUT2D eigenvalue weighted by Crippen LogP contribution is 2.16. The maximum atomic E-state index is 10.1. The van der Waals surface area contributed by atoms with E-state index in [2.05, 4.69) is 20.3 Å². The summed E-state index contributed by atoms with van der Waals surface area (Å²) in [6.45, 7) is 2.76. The van der Waals surface area contributed by atoms with E-state index < -0.39 is 6.10 Å². The molecule has 0 fully saturated rings. The van der Waals surface area contributed by atoms with Crippen LogP contribution < -0.4 is 0 Å². The molecule has 1 unspecified atom stereocenters. The van der Waals surface area contributed by atoms with E-state index in [-0.39, 0.29) is 0 Å². The van der Waals surface area contributed by atoms with Crippen molar-refractivity contribution in [2.75, 3.05) is 0 Å². The second-order valence-corrected chi connectivity index (χ2v) is 3.39. The molecule has 84 valence electrons. The summed E-state index contributed by atoms with van der Waals surface area (Å²) in [4.78, 5) is 8.01. The Bertz CT molecular complexity index is 441. The minimum absolute atomic E-state index is 0.363. The summed E-state index contributed by atoms with van der Waals surface area (Å²) in [5, 5.41) is 17.8. The lowest BCUT2D eigenvalue weighted by Crippen LogP contribution is -2.12. The van der Waals surface area contributed by atoms with E-state index in [1.807, 2.05) is 6.92 Å². The zero-order valence-electron chi connectivity index (χ0n) is 8.98. The van der Waals surface area contributed by atoms with Crippen LogP contribution in [-0.2, 0) is 6.54 Å². The predicted octanol–water partition coefficient (Wildman–Crippen LogP) is 0.560. The average molecular weight is 219 g/mol. The van der Waals surface area contributed by atoms with Crippen LogP contribution in [0.5, 0.6) is 0 Å². The average Bonchev–Trinajstić information content (AvgIpc) is 2.78. The maximum Gasteiger partial charge on any atom is 0.163 e. The van der Waals surface area contributed by atoms with Gasteiger partial charge in [-0.25, -0.2) is 14.6 Å². The van der Waals surface area contributed by atoms with Gasteiger partial charge in [0.05, 0.1) is 11.9 Å². The first-order chi connectivity index (χ1) is 7.83. The third-order valence-electron chi connectivity index (χ3n) is 2.19. The Hall–Kier alpha value is -1.82. The van der Waals surface area contributed by atoms with Gasteiger partial charge < -0.3 is 5.11 Å². The lowest BCUT2D eigenvalue weighted by Gasteiger charge is -2.09. The third kappa shape index (κ3) is 2.06. The number of aryl methyl sites for hydroxylation is 1. The Morgan fingerprint density at radius 2 is 2.12 bits per heavy atom. The van der Waals surface area contributed by atoms with Crippen molar-refractivity contribution >= 4 is 0 Å². The number of aliphatic hydroxyl groups is 1. The largest absolute Gasteiger partial charge is 0.379 e. The molecule has 0 bridgehead atoms. The van der Waals surface area contributed by atoms with Crippen molar-refractivity contribution in [1.82, 2.24) is 25.0 Å². The smallest absolute Gasteiger partial charge is 0.163 e. The fourth-order valence-electron chi connectivity index (χ4n) is 1.45. The molecule has 6 nitrogen and oxygen atoms in total. The molecule has 0 aliphatic heterocycles. The minimum Gasteiger partial charge on any atom is -0.379 e. The van der Waals surface area contributed by atoms with Crippen molar-refractivity contribution in [2.24, 2.45) is 0 Å². The van der Waals surface area contributed by atoms with Crippen LogP contribution in [0.2, 0.25) is 0 Å². The molecular formula is C10H13N5O. The van der Waals surface area contributed by atoms with Crippen molar-refractivity contribution in [3.05, 3.63) is 36.2 Å². The molecule has 16 heavy (non-hydrogen) atoms. The van der Waals surface area contributed by atoms with Gasteiger partial charge >= 0.3 is 0 Å². The molecule has 1 N–H and O–H groups in total. The Kier molecular flexibility index (Phi) is 3.21. The van der Waals surface area contributed by atoms with Crippen LogP contribution in [0.15, 0.2) is 24.7 Å². The highest BCUT2D eigenvalue weighted by Gasteiger charge is 2.18. The molecule has 2 aromatic rings. The zero-order valence-corrected chi connectivity index (χ0v) is 8.98. The SMILES string of the molecule is CCCn1nncc1C(O)c1ncccn1. The summed E-state index contributed by atoms with van der Waals surface area (Å²) in [6, 6.07) is 1.71. The van der Waals surface area contributed by atoms with Crippen LogP contribution in [0.3, 0.4) is 0 Å². The Morgan fingerprint density at radius 1 is 1.38 bits per heavy atom. The molecule has 0 amide bonds.